The number of ketones is 4. The molecular weight excluding hydrogens is 504 g/mol. The molecule has 0 aliphatic heterocycles. The first kappa shape index (κ1) is 27.4. The van der Waals surface area contributed by atoms with E-state index < -0.39 is 47.8 Å². The van der Waals surface area contributed by atoms with Crippen LogP contribution < -0.4 is 15.4 Å². The van der Waals surface area contributed by atoms with E-state index in [1.54, 1.807) is 0 Å². The standard InChI is InChI=1S/C22H15NO8.C3H5NO3/c1-9-18(26)12-4-2-10(6-14(12)19(9)27)31-11-3-5-13-15(7-11)21(29)17(20(13)28)22(30)23-8-16(24)25;5-2-4-1-3(6)7/h2-7,9,17H,8H2,1H3,(H,23,30)(H,24,25);2H,1H2,(H,4,5)(H,6,7). The van der Waals surface area contributed by atoms with E-state index in [0.717, 1.165) is 0 Å². The number of benzene rings is 2. The minimum Gasteiger partial charge on any atom is -0.480 e. The van der Waals surface area contributed by atoms with Crippen LogP contribution in [0, 0.1) is 11.8 Å². The summed E-state index contributed by atoms with van der Waals surface area (Å²) in [6, 6.07) is 8.55. The monoisotopic (exact) mass is 524 g/mol. The van der Waals surface area contributed by atoms with Crippen molar-refractivity contribution in [3.05, 3.63) is 58.7 Å². The number of ether oxygens (including phenoxy) is 1. The van der Waals surface area contributed by atoms with Gasteiger partial charge in [-0.3, -0.25) is 38.4 Å². The Labute approximate surface area is 213 Å². The maximum absolute atomic E-state index is 12.6. The molecule has 0 heterocycles. The summed E-state index contributed by atoms with van der Waals surface area (Å²) in [6.07, 6.45) is 0.341. The van der Waals surface area contributed by atoms with Crippen molar-refractivity contribution in [3.63, 3.8) is 0 Å². The number of fused-ring (bicyclic) bond motifs is 2. The molecule has 0 saturated carbocycles. The van der Waals surface area contributed by atoms with Crippen molar-refractivity contribution in [2.75, 3.05) is 13.1 Å². The molecule has 0 radical (unpaired) electrons. The Morgan fingerprint density at radius 2 is 1.26 bits per heavy atom. The summed E-state index contributed by atoms with van der Waals surface area (Å²) in [5.74, 6) is -7.26. The lowest BCUT2D eigenvalue weighted by molar-refractivity contribution is -0.138. The summed E-state index contributed by atoms with van der Waals surface area (Å²) >= 11 is 0. The highest BCUT2D eigenvalue weighted by atomic mass is 16.5. The third-order valence-corrected chi connectivity index (χ3v) is 5.60. The summed E-state index contributed by atoms with van der Waals surface area (Å²) in [7, 11) is 0. The van der Waals surface area contributed by atoms with Crippen LogP contribution in [0.15, 0.2) is 36.4 Å². The number of carboxylic acid groups (broad SMARTS) is 2. The molecule has 38 heavy (non-hydrogen) atoms. The quantitative estimate of drug-likeness (QED) is 0.276. The molecule has 2 atom stereocenters. The molecule has 4 rings (SSSR count). The van der Waals surface area contributed by atoms with Crippen LogP contribution in [0.3, 0.4) is 0 Å². The second-order valence-corrected chi connectivity index (χ2v) is 8.13. The number of carbonyl (C=O) groups is 8. The van der Waals surface area contributed by atoms with Crippen LogP contribution in [0.5, 0.6) is 11.5 Å². The van der Waals surface area contributed by atoms with Gasteiger partial charge in [0.2, 0.25) is 12.3 Å². The third-order valence-electron chi connectivity index (χ3n) is 5.60. The zero-order valence-corrected chi connectivity index (χ0v) is 19.7. The fraction of sp³-hybridized carbons (Fsp3) is 0.200. The lowest BCUT2D eigenvalue weighted by Crippen LogP contribution is -2.39. The minimum absolute atomic E-state index is 0.0148. The number of amides is 2. The Kier molecular flexibility index (Phi) is 8.10. The van der Waals surface area contributed by atoms with E-state index in [4.69, 9.17) is 14.9 Å². The van der Waals surface area contributed by atoms with E-state index >= 15 is 0 Å². The molecule has 13 heteroatoms. The molecule has 0 spiro atoms. The van der Waals surface area contributed by atoms with Gasteiger partial charge in [-0.2, -0.15) is 0 Å². The molecule has 2 aliphatic rings. The maximum atomic E-state index is 12.6. The largest absolute Gasteiger partial charge is 0.480 e. The van der Waals surface area contributed by atoms with Crippen LogP contribution in [-0.4, -0.2) is 70.7 Å². The van der Waals surface area contributed by atoms with Gasteiger partial charge in [0, 0.05) is 22.3 Å². The van der Waals surface area contributed by atoms with E-state index in [-0.39, 0.29) is 46.3 Å². The van der Waals surface area contributed by atoms with Gasteiger partial charge in [0.25, 0.3) is 0 Å². The first-order valence-corrected chi connectivity index (χ1v) is 11.0. The average Bonchev–Trinajstić information content (AvgIpc) is 3.25. The van der Waals surface area contributed by atoms with Crippen LogP contribution in [0.4, 0.5) is 0 Å². The Morgan fingerprint density at radius 3 is 1.76 bits per heavy atom. The topological polar surface area (TPSA) is 210 Å². The molecule has 13 nitrogen and oxygen atoms in total. The molecule has 4 N–H and O–H groups in total. The number of carboxylic acids is 2. The highest BCUT2D eigenvalue weighted by molar-refractivity contribution is 6.35. The summed E-state index contributed by atoms with van der Waals surface area (Å²) in [5, 5.41) is 20.5. The smallest absolute Gasteiger partial charge is 0.322 e. The molecule has 2 aromatic carbocycles. The summed E-state index contributed by atoms with van der Waals surface area (Å²) in [5.41, 5.74) is 0.614. The second kappa shape index (κ2) is 11.2. The first-order valence-electron chi connectivity index (χ1n) is 11.0. The SMILES string of the molecule is CC1C(=O)c2ccc(Oc3ccc4c(c3)C(=O)C(C(=O)NCC(=O)O)C4=O)cc2C1=O.O=CNCC(=O)O. The Morgan fingerprint density at radius 1 is 0.789 bits per heavy atom. The molecule has 196 valence electrons. The van der Waals surface area contributed by atoms with Gasteiger partial charge in [0.05, 0.1) is 5.92 Å². The Bertz CT molecular complexity index is 1400. The highest BCUT2D eigenvalue weighted by Crippen LogP contribution is 2.34. The molecule has 0 fully saturated rings. The molecule has 0 aromatic heterocycles. The first-order chi connectivity index (χ1) is 18.0. The van der Waals surface area contributed by atoms with E-state index in [1.807, 2.05) is 10.6 Å². The summed E-state index contributed by atoms with van der Waals surface area (Å²) in [4.78, 5) is 90.9. The van der Waals surface area contributed by atoms with E-state index in [9.17, 15) is 38.4 Å². The van der Waals surface area contributed by atoms with Crippen LogP contribution in [0.1, 0.15) is 48.4 Å². The molecule has 2 amide bonds. The molecule has 2 aliphatic carbocycles. The van der Waals surface area contributed by atoms with Gasteiger partial charge >= 0.3 is 11.9 Å². The average molecular weight is 524 g/mol. The van der Waals surface area contributed by atoms with Gasteiger partial charge < -0.3 is 25.6 Å². The Balaban J connectivity index is 0.000000505. The third kappa shape index (κ3) is 5.61. The number of Topliss-reactive ketones (excluding diaryl/α,β-unsaturated/α-hetero) is 4. The van der Waals surface area contributed by atoms with Gasteiger partial charge in [0.15, 0.2) is 29.1 Å². The highest BCUT2D eigenvalue weighted by Gasteiger charge is 2.43. The van der Waals surface area contributed by atoms with E-state index in [1.165, 1.54) is 43.3 Å². The number of rotatable bonds is 8. The molecule has 0 bridgehead atoms. The van der Waals surface area contributed by atoms with Crippen LogP contribution >= 0.6 is 0 Å². The van der Waals surface area contributed by atoms with Crippen molar-refractivity contribution in [3.8, 4) is 11.5 Å². The predicted molar refractivity (Wildman–Crippen MR) is 125 cm³/mol. The van der Waals surface area contributed by atoms with Crippen LogP contribution in [0.2, 0.25) is 0 Å². The van der Waals surface area contributed by atoms with Crippen molar-refractivity contribution >= 4 is 47.4 Å². The normalized spacial score (nSPS) is 17.1. The number of carbonyl (C=O) groups excluding carboxylic acids is 6. The summed E-state index contributed by atoms with van der Waals surface area (Å²) in [6.45, 7) is 0.527. The zero-order chi connectivity index (χ0) is 28.1. The number of hydrogen-bond acceptors (Lipinski definition) is 9. The minimum atomic E-state index is -1.64. The fourth-order valence-corrected chi connectivity index (χ4v) is 3.79. The van der Waals surface area contributed by atoms with Gasteiger partial charge in [-0.15, -0.1) is 0 Å². The van der Waals surface area contributed by atoms with Crippen molar-refractivity contribution in [1.82, 2.24) is 10.6 Å². The maximum Gasteiger partial charge on any atom is 0.322 e. The van der Waals surface area contributed by atoms with E-state index in [2.05, 4.69) is 0 Å². The Hall–Kier alpha value is -5.20. The van der Waals surface area contributed by atoms with Crippen molar-refractivity contribution in [1.29, 1.82) is 0 Å². The van der Waals surface area contributed by atoms with Crippen LogP contribution in [-0.2, 0) is 19.2 Å². The van der Waals surface area contributed by atoms with Gasteiger partial charge in [-0.1, -0.05) is 0 Å². The van der Waals surface area contributed by atoms with Gasteiger partial charge in [-0.05, 0) is 43.3 Å². The zero-order valence-electron chi connectivity index (χ0n) is 19.7. The number of aliphatic carboxylic acids is 2. The molecular formula is C25H20N2O11. The molecule has 2 unspecified atom stereocenters. The lowest BCUT2D eigenvalue weighted by atomic mass is 10.0. The molecule has 2 aromatic rings. The fourth-order valence-electron chi connectivity index (χ4n) is 3.79. The number of nitrogens with one attached hydrogen (secondary N) is 2. The predicted octanol–water partition coefficient (Wildman–Crippen LogP) is 0.507. The van der Waals surface area contributed by atoms with Crippen molar-refractivity contribution in [2.24, 2.45) is 11.8 Å². The number of hydrogen-bond donors (Lipinski definition) is 4. The van der Waals surface area contributed by atoms with Crippen LogP contribution in [0.25, 0.3) is 0 Å². The summed E-state index contributed by atoms with van der Waals surface area (Å²) < 4.78 is 5.70. The lowest BCUT2D eigenvalue weighted by Gasteiger charge is -2.08. The van der Waals surface area contributed by atoms with Crippen molar-refractivity contribution < 1.29 is 53.3 Å². The van der Waals surface area contributed by atoms with Crippen molar-refractivity contribution in [2.45, 2.75) is 6.92 Å². The second-order valence-electron chi connectivity index (χ2n) is 8.13. The van der Waals surface area contributed by atoms with Gasteiger partial charge in [-0.25, -0.2) is 0 Å². The van der Waals surface area contributed by atoms with E-state index in [0.29, 0.717) is 12.0 Å². The van der Waals surface area contributed by atoms with Gasteiger partial charge in [0.1, 0.15) is 24.6 Å². The molecule has 0 saturated heterocycles.